The third-order valence-corrected chi connectivity index (χ3v) is 2.74. The second kappa shape index (κ2) is 5.62. The highest BCUT2D eigenvalue weighted by molar-refractivity contribution is 5.77. The first-order chi connectivity index (χ1) is 8.69. The van der Waals surface area contributed by atoms with Crippen LogP contribution in [-0.4, -0.2) is 25.3 Å². The maximum atomic E-state index is 13.4. The summed E-state index contributed by atoms with van der Waals surface area (Å²) in [6, 6.07) is 3.85. The maximum absolute atomic E-state index is 13.4. The second-order valence-electron chi connectivity index (χ2n) is 4.34. The molecule has 96 valence electrons. The van der Waals surface area contributed by atoms with Crippen molar-refractivity contribution in [1.82, 2.24) is 5.32 Å². The van der Waals surface area contributed by atoms with Gasteiger partial charge in [0.1, 0.15) is 6.29 Å². The van der Waals surface area contributed by atoms with Crippen LogP contribution >= 0.6 is 0 Å². The van der Waals surface area contributed by atoms with Gasteiger partial charge in [0.2, 0.25) is 0 Å². The minimum Gasteiger partial charge on any atom is -0.481 e. The number of carbonyl (C=O) groups is 2. The largest absolute Gasteiger partial charge is 0.481 e. The van der Waals surface area contributed by atoms with Gasteiger partial charge in [0, 0.05) is 12.1 Å². The van der Waals surface area contributed by atoms with Gasteiger partial charge < -0.3 is 10.1 Å². The first-order valence-electron chi connectivity index (χ1n) is 5.83. The standard InChI is InChI=1S/C13H14FNO3/c14-11-5-10(7-16)3-4-12(11)18-8-13(17)15-6-9-1-2-9/h3-5,7,9H,1-2,6,8H2,(H,15,17). The Morgan fingerprint density at radius 1 is 1.50 bits per heavy atom. The van der Waals surface area contributed by atoms with Crippen LogP contribution in [0, 0.1) is 11.7 Å². The normalized spacial score (nSPS) is 14.1. The Kier molecular flexibility index (Phi) is 3.92. The smallest absolute Gasteiger partial charge is 0.257 e. The fourth-order valence-electron chi connectivity index (χ4n) is 1.48. The first-order valence-corrected chi connectivity index (χ1v) is 5.83. The lowest BCUT2D eigenvalue weighted by atomic mass is 10.2. The minimum absolute atomic E-state index is 0.0258. The Bertz CT molecular complexity index is 458. The number of halogens is 1. The lowest BCUT2D eigenvalue weighted by Gasteiger charge is -2.08. The molecule has 0 saturated heterocycles. The lowest BCUT2D eigenvalue weighted by molar-refractivity contribution is -0.123. The van der Waals surface area contributed by atoms with E-state index in [4.69, 9.17) is 4.74 Å². The number of carbonyl (C=O) groups excluding carboxylic acids is 2. The predicted molar refractivity (Wildman–Crippen MR) is 63.0 cm³/mol. The number of benzene rings is 1. The van der Waals surface area contributed by atoms with E-state index in [1.54, 1.807) is 0 Å². The second-order valence-corrected chi connectivity index (χ2v) is 4.34. The monoisotopic (exact) mass is 251 g/mol. The van der Waals surface area contributed by atoms with E-state index < -0.39 is 5.82 Å². The van der Waals surface area contributed by atoms with E-state index in [9.17, 15) is 14.0 Å². The minimum atomic E-state index is -0.644. The van der Waals surface area contributed by atoms with Crippen LogP contribution in [-0.2, 0) is 4.79 Å². The molecular weight excluding hydrogens is 237 g/mol. The van der Waals surface area contributed by atoms with E-state index in [1.807, 2.05) is 0 Å². The van der Waals surface area contributed by atoms with Crippen molar-refractivity contribution in [1.29, 1.82) is 0 Å². The Morgan fingerprint density at radius 2 is 2.28 bits per heavy atom. The van der Waals surface area contributed by atoms with Gasteiger partial charge in [-0.3, -0.25) is 9.59 Å². The van der Waals surface area contributed by atoms with Crippen molar-refractivity contribution in [3.8, 4) is 5.75 Å². The number of nitrogens with one attached hydrogen (secondary N) is 1. The van der Waals surface area contributed by atoms with E-state index in [2.05, 4.69) is 5.32 Å². The fraction of sp³-hybridized carbons (Fsp3) is 0.385. The Labute approximate surface area is 104 Å². The van der Waals surface area contributed by atoms with Crippen LogP contribution < -0.4 is 10.1 Å². The third kappa shape index (κ3) is 3.55. The van der Waals surface area contributed by atoms with Crippen LogP contribution in [0.4, 0.5) is 4.39 Å². The van der Waals surface area contributed by atoms with Gasteiger partial charge in [0.05, 0.1) is 0 Å². The van der Waals surface area contributed by atoms with E-state index in [0.29, 0.717) is 18.7 Å². The van der Waals surface area contributed by atoms with Gasteiger partial charge in [-0.1, -0.05) is 0 Å². The Balaban J connectivity index is 1.81. The van der Waals surface area contributed by atoms with E-state index in [1.165, 1.54) is 12.1 Å². The highest BCUT2D eigenvalue weighted by Crippen LogP contribution is 2.27. The molecule has 0 aliphatic heterocycles. The van der Waals surface area contributed by atoms with Crippen molar-refractivity contribution >= 4 is 12.2 Å². The first kappa shape index (κ1) is 12.5. The average molecular weight is 251 g/mol. The van der Waals surface area contributed by atoms with E-state index in [0.717, 1.165) is 18.9 Å². The zero-order valence-corrected chi connectivity index (χ0v) is 9.82. The summed E-state index contributed by atoms with van der Waals surface area (Å²) in [4.78, 5) is 21.8. The van der Waals surface area contributed by atoms with Crippen molar-refractivity contribution in [2.45, 2.75) is 12.8 Å². The molecule has 1 aromatic rings. The molecule has 0 aromatic heterocycles. The molecule has 2 rings (SSSR count). The van der Waals surface area contributed by atoms with Gasteiger partial charge in [0.25, 0.3) is 5.91 Å². The molecule has 0 unspecified atom stereocenters. The molecule has 18 heavy (non-hydrogen) atoms. The molecule has 1 saturated carbocycles. The Morgan fingerprint density at radius 3 is 2.89 bits per heavy atom. The number of hydrogen-bond acceptors (Lipinski definition) is 3. The molecule has 1 aliphatic rings. The molecule has 0 heterocycles. The number of rotatable bonds is 6. The van der Waals surface area contributed by atoms with Crippen molar-refractivity contribution in [2.24, 2.45) is 5.92 Å². The molecule has 5 heteroatoms. The fourth-order valence-corrected chi connectivity index (χ4v) is 1.48. The molecule has 4 nitrogen and oxygen atoms in total. The van der Waals surface area contributed by atoms with Gasteiger partial charge in [-0.2, -0.15) is 0 Å². The number of aldehydes is 1. The summed E-state index contributed by atoms with van der Waals surface area (Å²) in [5.74, 6) is -0.338. The molecule has 1 N–H and O–H groups in total. The van der Waals surface area contributed by atoms with Crippen molar-refractivity contribution in [3.63, 3.8) is 0 Å². The summed E-state index contributed by atoms with van der Waals surface area (Å²) in [6.45, 7) is 0.443. The molecule has 1 aromatic carbocycles. The summed E-state index contributed by atoms with van der Waals surface area (Å²) in [5.41, 5.74) is 0.234. The summed E-state index contributed by atoms with van der Waals surface area (Å²) in [5, 5.41) is 2.71. The predicted octanol–water partition coefficient (Wildman–Crippen LogP) is 1.54. The number of hydrogen-bond donors (Lipinski definition) is 1. The van der Waals surface area contributed by atoms with Gasteiger partial charge >= 0.3 is 0 Å². The summed E-state index contributed by atoms with van der Waals surface area (Å²) in [6.07, 6.45) is 2.86. The molecular formula is C13H14FNO3. The van der Waals surface area contributed by atoms with Crippen LogP contribution in [0.2, 0.25) is 0 Å². The van der Waals surface area contributed by atoms with Gasteiger partial charge in [-0.25, -0.2) is 4.39 Å². The highest BCUT2D eigenvalue weighted by Gasteiger charge is 2.21. The summed E-state index contributed by atoms with van der Waals surface area (Å²) >= 11 is 0. The van der Waals surface area contributed by atoms with Crippen LogP contribution in [0.3, 0.4) is 0 Å². The number of ether oxygens (including phenoxy) is 1. The molecule has 1 fully saturated rings. The third-order valence-electron chi connectivity index (χ3n) is 2.74. The summed E-state index contributed by atoms with van der Waals surface area (Å²) in [7, 11) is 0. The van der Waals surface area contributed by atoms with Gasteiger partial charge in [0.15, 0.2) is 18.2 Å². The topological polar surface area (TPSA) is 55.4 Å². The van der Waals surface area contributed by atoms with Crippen molar-refractivity contribution in [3.05, 3.63) is 29.6 Å². The quantitative estimate of drug-likeness (QED) is 0.780. The summed E-state index contributed by atoms with van der Waals surface area (Å²) < 4.78 is 18.4. The van der Waals surface area contributed by atoms with E-state index >= 15 is 0 Å². The Hall–Kier alpha value is -1.91. The molecule has 0 atom stereocenters. The zero-order chi connectivity index (χ0) is 13.0. The average Bonchev–Trinajstić information content (AvgIpc) is 3.18. The van der Waals surface area contributed by atoms with Crippen LogP contribution in [0.1, 0.15) is 23.2 Å². The zero-order valence-electron chi connectivity index (χ0n) is 9.82. The SMILES string of the molecule is O=Cc1ccc(OCC(=O)NCC2CC2)c(F)c1. The van der Waals surface area contributed by atoms with Crippen molar-refractivity contribution < 1.29 is 18.7 Å². The van der Waals surface area contributed by atoms with Gasteiger partial charge in [-0.05, 0) is 37.0 Å². The highest BCUT2D eigenvalue weighted by atomic mass is 19.1. The lowest BCUT2D eigenvalue weighted by Crippen LogP contribution is -2.30. The number of amides is 1. The van der Waals surface area contributed by atoms with E-state index in [-0.39, 0.29) is 23.8 Å². The molecule has 0 spiro atoms. The van der Waals surface area contributed by atoms with Crippen LogP contribution in [0.15, 0.2) is 18.2 Å². The van der Waals surface area contributed by atoms with Crippen LogP contribution in [0.25, 0.3) is 0 Å². The van der Waals surface area contributed by atoms with Crippen molar-refractivity contribution in [2.75, 3.05) is 13.2 Å². The molecule has 0 bridgehead atoms. The molecule has 0 radical (unpaired) electrons. The maximum Gasteiger partial charge on any atom is 0.257 e. The molecule has 1 aliphatic carbocycles. The van der Waals surface area contributed by atoms with Gasteiger partial charge in [-0.15, -0.1) is 0 Å². The van der Waals surface area contributed by atoms with Crippen LogP contribution in [0.5, 0.6) is 5.75 Å². The molecule has 1 amide bonds.